The minimum absolute atomic E-state index is 0.0212. The molecule has 1 amide bonds. The van der Waals surface area contributed by atoms with Gasteiger partial charge >= 0.3 is 5.97 Å². The Kier molecular flexibility index (Phi) is 4.87. The van der Waals surface area contributed by atoms with Crippen LogP contribution in [0.1, 0.15) is 52.9 Å². The summed E-state index contributed by atoms with van der Waals surface area (Å²) in [6.45, 7) is 6.15. The Labute approximate surface area is 148 Å². The van der Waals surface area contributed by atoms with Gasteiger partial charge in [-0.25, -0.2) is 0 Å². The first kappa shape index (κ1) is 18.6. The van der Waals surface area contributed by atoms with E-state index in [0.717, 1.165) is 12.8 Å². The van der Waals surface area contributed by atoms with E-state index in [0.29, 0.717) is 19.4 Å². The number of rotatable bonds is 7. The number of nitrogens with one attached hydrogen (secondary N) is 1. The Morgan fingerprint density at radius 3 is 2.68 bits per heavy atom. The number of hydrogen-bond acceptors (Lipinski definition) is 6. The zero-order chi connectivity index (χ0) is 18.4. The van der Waals surface area contributed by atoms with Crippen LogP contribution < -0.4 is 5.32 Å². The fraction of sp³-hybridized carbons (Fsp3) is 0.882. The molecule has 1 heterocycles. The minimum Gasteiger partial charge on any atom is -0.459 e. The molecule has 3 rings (SSSR count). The van der Waals surface area contributed by atoms with Crippen molar-refractivity contribution in [2.75, 3.05) is 6.54 Å². The van der Waals surface area contributed by atoms with Gasteiger partial charge < -0.3 is 10.1 Å². The van der Waals surface area contributed by atoms with Crippen molar-refractivity contribution in [1.29, 1.82) is 0 Å². The first-order valence-corrected chi connectivity index (χ1v) is 10.5. The summed E-state index contributed by atoms with van der Waals surface area (Å²) in [7, 11) is -3.49. The van der Waals surface area contributed by atoms with Gasteiger partial charge in [0, 0.05) is 30.2 Å². The van der Waals surface area contributed by atoms with Gasteiger partial charge in [-0.1, -0.05) is 20.8 Å². The smallest absolute Gasteiger partial charge is 0.306 e. The molecule has 0 radical (unpaired) electrons. The van der Waals surface area contributed by atoms with E-state index in [9.17, 15) is 18.0 Å². The van der Waals surface area contributed by atoms with Crippen molar-refractivity contribution in [2.45, 2.75) is 70.3 Å². The summed E-state index contributed by atoms with van der Waals surface area (Å²) in [5, 5.41) is 2.43. The highest BCUT2D eigenvalue weighted by Crippen LogP contribution is 2.55. The third-order valence-electron chi connectivity index (χ3n) is 6.02. The molecule has 2 aliphatic carbocycles. The van der Waals surface area contributed by atoms with Gasteiger partial charge in [0.1, 0.15) is 12.2 Å². The van der Waals surface area contributed by atoms with Crippen molar-refractivity contribution in [3.8, 4) is 0 Å². The van der Waals surface area contributed by atoms with Crippen LogP contribution in [0.2, 0.25) is 0 Å². The van der Waals surface area contributed by atoms with Crippen molar-refractivity contribution < 1.29 is 26.9 Å². The summed E-state index contributed by atoms with van der Waals surface area (Å²) in [6.07, 6.45) is 1.79. The van der Waals surface area contributed by atoms with Gasteiger partial charge in [-0.15, -0.1) is 0 Å². The van der Waals surface area contributed by atoms with E-state index in [1.807, 2.05) is 20.8 Å². The van der Waals surface area contributed by atoms with Gasteiger partial charge in [-0.2, -0.15) is 8.42 Å². The number of amides is 1. The molecule has 0 aromatic rings. The van der Waals surface area contributed by atoms with Gasteiger partial charge in [0.05, 0.1) is 5.25 Å². The molecule has 25 heavy (non-hydrogen) atoms. The SMILES string of the molecule is CCC(C)(C)C(=O)NCCCC(=O)OC1C2CC3C1OS(=O)(=O)C3C2. The molecule has 2 bridgehead atoms. The maximum atomic E-state index is 12.1. The molecule has 2 saturated carbocycles. The van der Waals surface area contributed by atoms with E-state index in [1.54, 1.807) is 0 Å². The molecule has 5 atom stereocenters. The first-order valence-electron chi connectivity index (χ1n) is 9.05. The van der Waals surface area contributed by atoms with E-state index in [2.05, 4.69) is 5.32 Å². The number of carbonyl (C=O) groups is 2. The first-order chi connectivity index (χ1) is 11.7. The van der Waals surface area contributed by atoms with Crippen molar-refractivity contribution in [1.82, 2.24) is 5.32 Å². The molecular formula is C17H27NO6S. The fourth-order valence-electron chi connectivity index (χ4n) is 4.09. The van der Waals surface area contributed by atoms with Crippen LogP contribution in [0, 0.1) is 17.3 Å². The normalized spacial score (nSPS) is 34.9. The molecule has 7 nitrogen and oxygen atoms in total. The van der Waals surface area contributed by atoms with Crippen LogP contribution >= 0.6 is 0 Å². The van der Waals surface area contributed by atoms with Gasteiger partial charge in [0.15, 0.2) is 0 Å². The Morgan fingerprint density at radius 2 is 2.00 bits per heavy atom. The second-order valence-electron chi connectivity index (χ2n) is 8.04. The fourth-order valence-corrected chi connectivity index (χ4v) is 5.97. The summed E-state index contributed by atoms with van der Waals surface area (Å²) < 4.78 is 34.5. The second kappa shape index (κ2) is 6.54. The van der Waals surface area contributed by atoms with Crippen molar-refractivity contribution in [2.24, 2.45) is 17.3 Å². The molecule has 3 aliphatic rings. The molecule has 0 aromatic heterocycles. The van der Waals surface area contributed by atoms with Crippen LogP contribution in [0.15, 0.2) is 0 Å². The average Bonchev–Trinajstić information content (AvgIpc) is 3.15. The van der Waals surface area contributed by atoms with Crippen LogP contribution in [0.4, 0.5) is 0 Å². The maximum absolute atomic E-state index is 12.1. The van der Waals surface area contributed by atoms with Gasteiger partial charge in [0.25, 0.3) is 10.1 Å². The lowest BCUT2D eigenvalue weighted by atomic mass is 9.89. The van der Waals surface area contributed by atoms with E-state index in [1.165, 1.54) is 0 Å². The van der Waals surface area contributed by atoms with Crippen LogP contribution in [0.25, 0.3) is 0 Å². The monoisotopic (exact) mass is 373 g/mol. The second-order valence-corrected chi connectivity index (χ2v) is 9.82. The molecule has 1 N–H and O–H groups in total. The quantitative estimate of drug-likeness (QED) is 0.411. The lowest BCUT2D eigenvalue weighted by Gasteiger charge is -2.25. The highest BCUT2D eigenvalue weighted by Gasteiger charge is 2.65. The van der Waals surface area contributed by atoms with Crippen molar-refractivity contribution >= 4 is 22.0 Å². The summed E-state index contributed by atoms with van der Waals surface area (Å²) in [5.41, 5.74) is -0.411. The average molecular weight is 373 g/mol. The van der Waals surface area contributed by atoms with Crippen LogP contribution in [0.3, 0.4) is 0 Å². The van der Waals surface area contributed by atoms with Crippen LogP contribution in [0.5, 0.6) is 0 Å². The van der Waals surface area contributed by atoms with Crippen molar-refractivity contribution in [3.63, 3.8) is 0 Å². The standard InChI is InChI=1S/C17H27NO6S/c1-4-17(2,3)16(20)18-7-5-6-13(19)23-14-10-8-11-12(9-10)25(21,22)24-15(11)14/h10-12,14-15H,4-9H2,1-3H3,(H,18,20). The molecule has 3 fully saturated rings. The lowest BCUT2D eigenvalue weighted by Crippen LogP contribution is -2.38. The van der Waals surface area contributed by atoms with E-state index in [-0.39, 0.29) is 30.1 Å². The zero-order valence-corrected chi connectivity index (χ0v) is 15.8. The summed E-state index contributed by atoms with van der Waals surface area (Å²) >= 11 is 0. The Hall–Kier alpha value is -1.15. The van der Waals surface area contributed by atoms with Gasteiger partial charge in [-0.05, 0) is 25.7 Å². The van der Waals surface area contributed by atoms with E-state index in [4.69, 9.17) is 8.92 Å². The molecule has 1 aliphatic heterocycles. The zero-order valence-electron chi connectivity index (χ0n) is 15.0. The molecule has 142 valence electrons. The topological polar surface area (TPSA) is 98.8 Å². The lowest BCUT2D eigenvalue weighted by molar-refractivity contribution is -0.156. The Balaban J connectivity index is 1.42. The molecule has 0 spiro atoms. The summed E-state index contributed by atoms with van der Waals surface area (Å²) in [6, 6.07) is 0. The van der Waals surface area contributed by atoms with Crippen LogP contribution in [-0.2, 0) is 28.6 Å². The number of carbonyl (C=O) groups excluding carboxylic acids is 2. The molecular weight excluding hydrogens is 346 g/mol. The van der Waals surface area contributed by atoms with Gasteiger partial charge in [-0.3, -0.25) is 13.8 Å². The third kappa shape index (κ3) is 3.43. The maximum Gasteiger partial charge on any atom is 0.306 e. The largest absolute Gasteiger partial charge is 0.459 e. The number of esters is 1. The Morgan fingerprint density at radius 1 is 1.28 bits per heavy atom. The number of ether oxygens (including phenoxy) is 1. The minimum atomic E-state index is -3.49. The highest BCUT2D eigenvalue weighted by atomic mass is 32.2. The van der Waals surface area contributed by atoms with Crippen molar-refractivity contribution in [3.05, 3.63) is 0 Å². The van der Waals surface area contributed by atoms with Crippen LogP contribution in [-0.4, -0.2) is 44.3 Å². The van der Waals surface area contributed by atoms with E-state index < -0.39 is 33.0 Å². The van der Waals surface area contributed by atoms with Gasteiger partial charge in [0.2, 0.25) is 5.91 Å². The molecule has 8 heteroatoms. The number of hydrogen-bond donors (Lipinski definition) is 1. The molecule has 0 aromatic carbocycles. The predicted molar refractivity (Wildman–Crippen MR) is 90.0 cm³/mol. The summed E-state index contributed by atoms with van der Waals surface area (Å²) in [4.78, 5) is 24.0. The highest BCUT2D eigenvalue weighted by molar-refractivity contribution is 7.87. The Bertz CT molecular complexity index is 658. The predicted octanol–water partition coefficient (Wildman–Crippen LogP) is 1.37. The third-order valence-corrected chi connectivity index (χ3v) is 7.80. The number of fused-ring (bicyclic) bond motifs is 1. The summed E-state index contributed by atoms with van der Waals surface area (Å²) in [5.74, 6) is -0.312. The molecule has 1 saturated heterocycles. The van der Waals surface area contributed by atoms with E-state index >= 15 is 0 Å². The molecule has 5 unspecified atom stereocenters.